The quantitative estimate of drug-likeness (QED) is 0.728. The first-order valence-corrected chi connectivity index (χ1v) is 6.31. The SMILES string of the molecule is COCC(C)NC(=O)NCC(O)c1ccccc1C. The summed E-state index contributed by atoms with van der Waals surface area (Å²) in [7, 11) is 1.58. The Morgan fingerprint density at radius 1 is 1.42 bits per heavy atom. The second kappa shape index (κ2) is 7.76. The summed E-state index contributed by atoms with van der Waals surface area (Å²) in [5.41, 5.74) is 1.83. The van der Waals surface area contributed by atoms with Crippen LogP contribution in [0.4, 0.5) is 4.79 Å². The summed E-state index contributed by atoms with van der Waals surface area (Å²) in [6, 6.07) is 7.19. The van der Waals surface area contributed by atoms with Gasteiger partial charge in [-0.05, 0) is 25.0 Å². The number of rotatable bonds is 6. The highest BCUT2D eigenvalue weighted by Gasteiger charge is 2.12. The van der Waals surface area contributed by atoms with E-state index in [4.69, 9.17) is 4.74 Å². The van der Waals surface area contributed by atoms with Crippen LogP contribution in [0.2, 0.25) is 0 Å². The topological polar surface area (TPSA) is 70.6 Å². The zero-order valence-corrected chi connectivity index (χ0v) is 11.6. The van der Waals surface area contributed by atoms with Crippen molar-refractivity contribution < 1.29 is 14.6 Å². The summed E-state index contributed by atoms with van der Waals surface area (Å²) >= 11 is 0. The molecule has 0 heterocycles. The van der Waals surface area contributed by atoms with Gasteiger partial charge < -0.3 is 20.5 Å². The molecule has 19 heavy (non-hydrogen) atoms. The molecule has 0 aliphatic carbocycles. The van der Waals surface area contributed by atoms with Gasteiger partial charge in [-0.3, -0.25) is 0 Å². The van der Waals surface area contributed by atoms with Gasteiger partial charge in [-0.2, -0.15) is 0 Å². The normalized spacial score (nSPS) is 13.7. The third-order valence-electron chi connectivity index (χ3n) is 2.80. The summed E-state index contributed by atoms with van der Waals surface area (Å²) in [5, 5.41) is 15.4. The van der Waals surface area contributed by atoms with Crippen molar-refractivity contribution in [1.29, 1.82) is 0 Å². The van der Waals surface area contributed by atoms with Gasteiger partial charge in [0.15, 0.2) is 0 Å². The average molecular weight is 266 g/mol. The molecule has 0 spiro atoms. The molecule has 0 aliphatic heterocycles. The van der Waals surface area contributed by atoms with Crippen molar-refractivity contribution >= 4 is 6.03 Å². The number of carbonyl (C=O) groups excluding carboxylic acids is 1. The molecule has 1 aromatic rings. The number of urea groups is 1. The van der Waals surface area contributed by atoms with Crippen LogP contribution < -0.4 is 10.6 Å². The van der Waals surface area contributed by atoms with Crippen LogP contribution in [0.15, 0.2) is 24.3 Å². The maximum atomic E-state index is 11.6. The molecule has 5 nitrogen and oxygen atoms in total. The Labute approximate surface area is 114 Å². The second-order valence-electron chi connectivity index (χ2n) is 4.58. The fourth-order valence-electron chi connectivity index (χ4n) is 1.83. The molecule has 2 amide bonds. The highest BCUT2D eigenvalue weighted by atomic mass is 16.5. The minimum atomic E-state index is -0.704. The zero-order chi connectivity index (χ0) is 14.3. The van der Waals surface area contributed by atoms with E-state index in [9.17, 15) is 9.90 Å². The molecule has 2 atom stereocenters. The monoisotopic (exact) mass is 266 g/mol. The van der Waals surface area contributed by atoms with Gasteiger partial charge in [0.05, 0.1) is 18.8 Å². The van der Waals surface area contributed by atoms with Crippen molar-refractivity contribution in [1.82, 2.24) is 10.6 Å². The highest BCUT2D eigenvalue weighted by Crippen LogP contribution is 2.15. The van der Waals surface area contributed by atoms with Crippen LogP contribution in [0.1, 0.15) is 24.2 Å². The van der Waals surface area contributed by atoms with E-state index >= 15 is 0 Å². The Hall–Kier alpha value is -1.59. The summed E-state index contributed by atoms with van der Waals surface area (Å²) in [6.45, 7) is 4.41. The summed E-state index contributed by atoms with van der Waals surface area (Å²) in [4.78, 5) is 11.6. The molecule has 0 aromatic heterocycles. The number of methoxy groups -OCH3 is 1. The molecule has 3 N–H and O–H groups in total. The van der Waals surface area contributed by atoms with Crippen LogP contribution >= 0.6 is 0 Å². The molecule has 1 rings (SSSR count). The minimum Gasteiger partial charge on any atom is -0.387 e. The largest absolute Gasteiger partial charge is 0.387 e. The van der Waals surface area contributed by atoms with E-state index in [2.05, 4.69) is 10.6 Å². The Bertz CT molecular complexity index is 409. The fraction of sp³-hybridized carbons (Fsp3) is 0.500. The third-order valence-corrected chi connectivity index (χ3v) is 2.80. The van der Waals surface area contributed by atoms with Gasteiger partial charge in [-0.25, -0.2) is 4.79 Å². The summed E-state index contributed by atoms with van der Waals surface area (Å²) in [6.07, 6.45) is -0.704. The number of aryl methyl sites for hydroxylation is 1. The first-order chi connectivity index (χ1) is 9.04. The number of aliphatic hydroxyl groups is 1. The van der Waals surface area contributed by atoms with Crippen LogP contribution in [-0.4, -0.2) is 37.4 Å². The molecule has 106 valence electrons. The lowest BCUT2D eigenvalue weighted by Crippen LogP contribution is -2.43. The first kappa shape index (κ1) is 15.5. The van der Waals surface area contributed by atoms with Crippen LogP contribution in [0.25, 0.3) is 0 Å². The minimum absolute atomic E-state index is 0.0689. The van der Waals surface area contributed by atoms with Crippen LogP contribution in [0.3, 0.4) is 0 Å². The summed E-state index contributed by atoms with van der Waals surface area (Å²) < 4.78 is 4.92. The smallest absolute Gasteiger partial charge is 0.315 e. The van der Waals surface area contributed by atoms with E-state index in [1.54, 1.807) is 7.11 Å². The van der Waals surface area contributed by atoms with Crippen molar-refractivity contribution in [3.05, 3.63) is 35.4 Å². The average Bonchev–Trinajstić information content (AvgIpc) is 2.36. The molecular weight excluding hydrogens is 244 g/mol. The lowest BCUT2D eigenvalue weighted by molar-refractivity contribution is 0.162. The number of benzene rings is 1. The first-order valence-electron chi connectivity index (χ1n) is 6.31. The van der Waals surface area contributed by atoms with Gasteiger partial charge in [0.2, 0.25) is 0 Å². The van der Waals surface area contributed by atoms with Crippen molar-refractivity contribution in [3.63, 3.8) is 0 Å². The Morgan fingerprint density at radius 2 is 2.11 bits per heavy atom. The third kappa shape index (κ3) is 5.28. The van der Waals surface area contributed by atoms with Gasteiger partial charge in [0.1, 0.15) is 0 Å². The van der Waals surface area contributed by atoms with E-state index < -0.39 is 6.10 Å². The summed E-state index contributed by atoms with van der Waals surface area (Å²) in [5.74, 6) is 0. The number of amides is 2. The van der Waals surface area contributed by atoms with Gasteiger partial charge in [0, 0.05) is 13.7 Å². The molecule has 1 aromatic carbocycles. The van der Waals surface area contributed by atoms with Gasteiger partial charge in [0.25, 0.3) is 0 Å². The predicted octanol–water partition coefficient (Wildman–Crippen LogP) is 1.36. The van der Waals surface area contributed by atoms with E-state index in [-0.39, 0.29) is 18.6 Å². The number of hydrogen-bond donors (Lipinski definition) is 3. The Balaban J connectivity index is 2.40. The molecule has 0 radical (unpaired) electrons. The lowest BCUT2D eigenvalue weighted by Gasteiger charge is -2.17. The van der Waals surface area contributed by atoms with Crippen LogP contribution in [-0.2, 0) is 4.74 Å². The molecular formula is C14H22N2O3. The van der Waals surface area contributed by atoms with Crippen molar-refractivity contribution in [3.8, 4) is 0 Å². The van der Waals surface area contributed by atoms with Crippen molar-refractivity contribution in [2.75, 3.05) is 20.3 Å². The molecule has 0 fully saturated rings. The molecule has 0 saturated heterocycles. The predicted molar refractivity (Wildman–Crippen MR) is 74.0 cm³/mol. The Morgan fingerprint density at radius 3 is 2.74 bits per heavy atom. The Kier molecular flexibility index (Phi) is 6.32. The zero-order valence-electron chi connectivity index (χ0n) is 11.6. The van der Waals surface area contributed by atoms with E-state index in [0.717, 1.165) is 11.1 Å². The van der Waals surface area contributed by atoms with Gasteiger partial charge in [-0.15, -0.1) is 0 Å². The van der Waals surface area contributed by atoms with Gasteiger partial charge >= 0.3 is 6.03 Å². The van der Waals surface area contributed by atoms with E-state index in [0.29, 0.717) is 6.61 Å². The van der Waals surface area contributed by atoms with Crippen LogP contribution in [0, 0.1) is 6.92 Å². The van der Waals surface area contributed by atoms with Crippen molar-refractivity contribution in [2.24, 2.45) is 0 Å². The maximum Gasteiger partial charge on any atom is 0.315 e. The second-order valence-corrected chi connectivity index (χ2v) is 4.58. The standard InChI is InChI=1S/C14H22N2O3/c1-10-6-4-5-7-12(10)13(17)8-15-14(18)16-11(2)9-19-3/h4-7,11,13,17H,8-9H2,1-3H3,(H2,15,16,18). The lowest BCUT2D eigenvalue weighted by atomic mass is 10.0. The molecule has 5 heteroatoms. The molecule has 2 unspecified atom stereocenters. The van der Waals surface area contributed by atoms with E-state index in [1.165, 1.54) is 0 Å². The fourth-order valence-corrected chi connectivity index (χ4v) is 1.83. The highest BCUT2D eigenvalue weighted by molar-refractivity contribution is 5.74. The van der Waals surface area contributed by atoms with Gasteiger partial charge in [-0.1, -0.05) is 24.3 Å². The molecule has 0 saturated carbocycles. The van der Waals surface area contributed by atoms with Crippen molar-refractivity contribution in [2.45, 2.75) is 26.0 Å². The molecule has 0 aliphatic rings. The maximum absolute atomic E-state index is 11.6. The van der Waals surface area contributed by atoms with Crippen LogP contribution in [0.5, 0.6) is 0 Å². The number of ether oxygens (including phenoxy) is 1. The number of nitrogens with one attached hydrogen (secondary N) is 2. The number of hydrogen-bond acceptors (Lipinski definition) is 3. The number of aliphatic hydroxyl groups excluding tert-OH is 1. The number of carbonyl (C=O) groups is 1. The molecule has 0 bridgehead atoms. The van der Waals surface area contributed by atoms with E-state index in [1.807, 2.05) is 38.1 Å².